The summed E-state index contributed by atoms with van der Waals surface area (Å²) in [6.07, 6.45) is 0. The second kappa shape index (κ2) is 7.04. The molecule has 1 aromatic heterocycles. The molecule has 0 atom stereocenters. The lowest BCUT2D eigenvalue weighted by molar-refractivity contribution is 0.102. The van der Waals surface area contributed by atoms with Crippen molar-refractivity contribution >= 4 is 23.2 Å². The summed E-state index contributed by atoms with van der Waals surface area (Å²) >= 11 is 6.30. The van der Waals surface area contributed by atoms with Crippen molar-refractivity contribution in [3.05, 3.63) is 58.4 Å². The van der Waals surface area contributed by atoms with Gasteiger partial charge in [-0.25, -0.2) is 0 Å². The zero-order valence-electron chi connectivity index (χ0n) is 15.5. The molecule has 140 valence electrons. The van der Waals surface area contributed by atoms with E-state index in [1.54, 1.807) is 37.3 Å². The predicted molar refractivity (Wildman–Crippen MR) is 104 cm³/mol. The number of halogens is 1. The van der Waals surface area contributed by atoms with Crippen molar-refractivity contribution < 1.29 is 14.4 Å². The van der Waals surface area contributed by atoms with Crippen LogP contribution in [-0.4, -0.2) is 21.2 Å². The Morgan fingerprint density at radius 1 is 1.19 bits per heavy atom. The minimum atomic E-state index is -0.441. The van der Waals surface area contributed by atoms with Crippen molar-refractivity contribution in [1.29, 1.82) is 0 Å². The molecular formula is C20H20ClN3O3. The Labute approximate surface area is 162 Å². The molecule has 6 nitrogen and oxygen atoms in total. The van der Waals surface area contributed by atoms with Crippen LogP contribution in [0, 0.1) is 6.92 Å². The summed E-state index contributed by atoms with van der Waals surface area (Å²) < 4.78 is 4.96. The molecule has 0 saturated heterocycles. The largest absolute Gasteiger partial charge is 0.507 e. The second-order valence-corrected chi connectivity index (χ2v) is 7.67. The van der Waals surface area contributed by atoms with Gasteiger partial charge in [0.1, 0.15) is 5.75 Å². The van der Waals surface area contributed by atoms with Crippen molar-refractivity contribution in [2.24, 2.45) is 0 Å². The average molecular weight is 386 g/mol. The molecular weight excluding hydrogens is 366 g/mol. The van der Waals surface area contributed by atoms with Crippen LogP contribution < -0.4 is 5.32 Å². The van der Waals surface area contributed by atoms with Crippen LogP contribution in [0.1, 0.15) is 42.6 Å². The second-order valence-electron chi connectivity index (χ2n) is 7.27. The summed E-state index contributed by atoms with van der Waals surface area (Å²) in [5.74, 6) is 0.342. The monoisotopic (exact) mass is 385 g/mol. The number of aromatic nitrogens is 2. The van der Waals surface area contributed by atoms with Gasteiger partial charge in [-0.1, -0.05) is 43.6 Å². The molecule has 0 aliphatic rings. The molecule has 0 aliphatic heterocycles. The molecule has 0 spiro atoms. The van der Waals surface area contributed by atoms with Crippen LogP contribution in [0.2, 0.25) is 5.02 Å². The molecule has 3 aromatic rings. The van der Waals surface area contributed by atoms with E-state index in [4.69, 9.17) is 16.1 Å². The first-order valence-electron chi connectivity index (χ1n) is 8.40. The standard InChI is InChI=1S/C20H20ClN3O3/c1-11-22-18(24-27-11)12-5-7-16(15(21)9-12)23-19(26)14-10-13(20(2,3)4)6-8-17(14)25/h5-10,25H,1-4H3,(H,23,26). The Kier molecular flexibility index (Phi) is 4.93. The number of anilines is 1. The minimum Gasteiger partial charge on any atom is -0.507 e. The number of nitrogens with zero attached hydrogens (tertiary/aromatic N) is 2. The van der Waals surface area contributed by atoms with Crippen LogP contribution in [0.5, 0.6) is 5.75 Å². The first-order valence-corrected chi connectivity index (χ1v) is 8.78. The van der Waals surface area contributed by atoms with E-state index in [-0.39, 0.29) is 16.7 Å². The van der Waals surface area contributed by atoms with Crippen LogP contribution in [0.3, 0.4) is 0 Å². The van der Waals surface area contributed by atoms with Crippen LogP contribution >= 0.6 is 11.6 Å². The maximum atomic E-state index is 12.7. The average Bonchev–Trinajstić information content (AvgIpc) is 3.02. The number of hydrogen-bond donors (Lipinski definition) is 2. The summed E-state index contributed by atoms with van der Waals surface area (Å²) in [4.78, 5) is 16.8. The van der Waals surface area contributed by atoms with Crippen LogP contribution in [0.15, 0.2) is 40.9 Å². The number of hydrogen-bond acceptors (Lipinski definition) is 5. The topological polar surface area (TPSA) is 88.2 Å². The van der Waals surface area contributed by atoms with E-state index in [9.17, 15) is 9.90 Å². The number of benzene rings is 2. The van der Waals surface area contributed by atoms with E-state index in [1.807, 2.05) is 20.8 Å². The van der Waals surface area contributed by atoms with E-state index in [0.29, 0.717) is 28.0 Å². The number of aromatic hydroxyl groups is 1. The van der Waals surface area contributed by atoms with E-state index in [2.05, 4.69) is 15.5 Å². The fraction of sp³-hybridized carbons (Fsp3) is 0.250. The van der Waals surface area contributed by atoms with Gasteiger partial charge in [-0.05, 0) is 41.3 Å². The molecule has 0 aliphatic carbocycles. The Morgan fingerprint density at radius 2 is 1.93 bits per heavy atom. The summed E-state index contributed by atoms with van der Waals surface area (Å²) in [6.45, 7) is 7.81. The van der Waals surface area contributed by atoms with Crippen molar-refractivity contribution in [1.82, 2.24) is 10.1 Å². The minimum absolute atomic E-state index is 0.0875. The molecule has 2 aromatic carbocycles. The highest BCUT2D eigenvalue weighted by Gasteiger charge is 2.19. The van der Waals surface area contributed by atoms with Crippen molar-refractivity contribution in [3.63, 3.8) is 0 Å². The normalized spacial score (nSPS) is 11.4. The highest BCUT2D eigenvalue weighted by atomic mass is 35.5. The van der Waals surface area contributed by atoms with Crippen LogP contribution in [-0.2, 0) is 5.41 Å². The lowest BCUT2D eigenvalue weighted by Gasteiger charge is -2.20. The highest BCUT2D eigenvalue weighted by Crippen LogP contribution is 2.30. The van der Waals surface area contributed by atoms with Crippen molar-refractivity contribution in [3.8, 4) is 17.1 Å². The molecule has 1 heterocycles. The maximum absolute atomic E-state index is 12.7. The van der Waals surface area contributed by atoms with E-state index >= 15 is 0 Å². The smallest absolute Gasteiger partial charge is 0.259 e. The van der Waals surface area contributed by atoms with Gasteiger partial charge in [0.05, 0.1) is 16.3 Å². The molecule has 1 amide bonds. The molecule has 2 N–H and O–H groups in total. The zero-order valence-corrected chi connectivity index (χ0v) is 16.3. The first-order chi connectivity index (χ1) is 12.6. The Hall–Kier alpha value is -2.86. The molecule has 0 unspecified atom stereocenters. The summed E-state index contributed by atoms with van der Waals surface area (Å²) in [7, 11) is 0. The number of phenols is 1. The van der Waals surface area contributed by atoms with Crippen molar-refractivity contribution in [2.75, 3.05) is 5.32 Å². The first kappa shape index (κ1) is 18.9. The fourth-order valence-corrected chi connectivity index (χ4v) is 2.77. The molecule has 3 rings (SSSR count). The Morgan fingerprint density at radius 3 is 2.52 bits per heavy atom. The molecule has 7 heteroatoms. The van der Waals surface area contributed by atoms with Gasteiger partial charge in [-0.3, -0.25) is 4.79 Å². The van der Waals surface area contributed by atoms with Crippen molar-refractivity contribution in [2.45, 2.75) is 33.1 Å². The number of carbonyl (C=O) groups is 1. The molecule has 0 radical (unpaired) electrons. The quantitative estimate of drug-likeness (QED) is 0.665. The van der Waals surface area contributed by atoms with Crippen LogP contribution in [0.4, 0.5) is 5.69 Å². The Balaban J connectivity index is 1.86. The number of nitrogens with one attached hydrogen (secondary N) is 1. The lowest BCUT2D eigenvalue weighted by Crippen LogP contribution is -2.16. The number of amides is 1. The third-order valence-electron chi connectivity index (χ3n) is 4.11. The fourth-order valence-electron chi connectivity index (χ4n) is 2.55. The number of rotatable bonds is 3. The molecule has 0 bridgehead atoms. The summed E-state index contributed by atoms with van der Waals surface area (Å²) in [5, 5.41) is 17.0. The lowest BCUT2D eigenvalue weighted by atomic mass is 9.86. The van der Waals surface area contributed by atoms with Gasteiger partial charge in [0.2, 0.25) is 11.7 Å². The van der Waals surface area contributed by atoms with Gasteiger partial charge < -0.3 is 14.9 Å². The Bertz CT molecular complexity index is 1010. The third-order valence-corrected chi connectivity index (χ3v) is 4.42. The summed E-state index contributed by atoms with van der Waals surface area (Å²) in [5.41, 5.74) is 2.08. The van der Waals surface area contributed by atoms with Crippen LogP contribution in [0.25, 0.3) is 11.4 Å². The third kappa shape index (κ3) is 4.11. The van der Waals surface area contributed by atoms with Gasteiger partial charge in [0.15, 0.2) is 0 Å². The molecule has 27 heavy (non-hydrogen) atoms. The number of carbonyl (C=O) groups excluding carboxylic acids is 1. The van der Waals surface area contributed by atoms with Gasteiger partial charge in [-0.2, -0.15) is 4.98 Å². The maximum Gasteiger partial charge on any atom is 0.259 e. The van der Waals surface area contributed by atoms with E-state index in [0.717, 1.165) is 5.56 Å². The van der Waals surface area contributed by atoms with Gasteiger partial charge >= 0.3 is 0 Å². The summed E-state index contributed by atoms with van der Waals surface area (Å²) in [6, 6.07) is 10.1. The van der Waals surface area contributed by atoms with Gasteiger partial charge in [0.25, 0.3) is 5.91 Å². The zero-order chi connectivity index (χ0) is 19.8. The van der Waals surface area contributed by atoms with Gasteiger partial charge in [-0.15, -0.1) is 0 Å². The molecule has 0 saturated carbocycles. The highest BCUT2D eigenvalue weighted by molar-refractivity contribution is 6.34. The predicted octanol–water partition coefficient (Wildman–Crippen LogP) is 4.95. The SMILES string of the molecule is Cc1nc(-c2ccc(NC(=O)c3cc(C(C)(C)C)ccc3O)c(Cl)c2)no1. The van der Waals surface area contributed by atoms with Gasteiger partial charge in [0, 0.05) is 12.5 Å². The number of phenolic OH excluding ortho intramolecular Hbond substituents is 1. The molecule has 0 fully saturated rings. The van der Waals surface area contributed by atoms with E-state index < -0.39 is 5.91 Å². The van der Waals surface area contributed by atoms with E-state index in [1.165, 1.54) is 6.07 Å². The number of aryl methyl sites for hydroxylation is 1.